The number of hydrogen-bond acceptors (Lipinski definition) is 2. The molecule has 1 atom stereocenters. The highest BCUT2D eigenvalue weighted by molar-refractivity contribution is 6.31. The molecule has 0 aliphatic rings. The number of nitrogens with two attached hydrogens (primary N) is 1. The first-order valence-corrected chi connectivity index (χ1v) is 4.94. The Bertz CT molecular complexity index is 344. The monoisotopic (exact) mass is 228 g/mol. The van der Waals surface area contributed by atoms with E-state index in [1.807, 2.05) is 18.2 Å². The molecule has 1 amide bonds. The van der Waals surface area contributed by atoms with Crippen molar-refractivity contribution in [2.75, 3.05) is 13.1 Å². The standard InChI is InChI=1S/C10H13ClN2O2/c11-9-4-2-1-3-8(9)7(5-12)6-13-10(14)15/h1-4,7,13H,5-6,12H2,(H,14,15). The fourth-order valence-corrected chi connectivity index (χ4v) is 1.63. The van der Waals surface area contributed by atoms with E-state index in [1.54, 1.807) is 6.07 Å². The summed E-state index contributed by atoms with van der Waals surface area (Å²) in [5.74, 6) is -0.0881. The molecule has 4 N–H and O–H groups in total. The summed E-state index contributed by atoms with van der Waals surface area (Å²) in [6, 6.07) is 7.29. The average molecular weight is 229 g/mol. The first-order valence-electron chi connectivity index (χ1n) is 4.56. The van der Waals surface area contributed by atoms with Crippen LogP contribution in [0.4, 0.5) is 4.79 Å². The third-order valence-electron chi connectivity index (χ3n) is 2.13. The van der Waals surface area contributed by atoms with Gasteiger partial charge in [0.1, 0.15) is 0 Å². The summed E-state index contributed by atoms with van der Waals surface area (Å²) in [5, 5.41) is 11.4. The number of carboxylic acid groups (broad SMARTS) is 1. The van der Waals surface area contributed by atoms with Crippen LogP contribution in [0.25, 0.3) is 0 Å². The van der Waals surface area contributed by atoms with Crippen molar-refractivity contribution in [1.29, 1.82) is 0 Å². The second-order valence-corrected chi connectivity index (χ2v) is 3.55. The van der Waals surface area contributed by atoms with Gasteiger partial charge < -0.3 is 16.2 Å². The minimum atomic E-state index is -1.06. The van der Waals surface area contributed by atoms with E-state index in [2.05, 4.69) is 5.32 Å². The lowest BCUT2D eigenvalue weighted by Gasteiger charge is -2.16. The van der Waals surface area contributed by atoms with Gasteiger partial charge in [-0.15, -0.1) is 0 Å². The van der Waals surface area contributed by atoms with Crippen molar-refractivity contribution in [3.05, 3.63) is 34.9 Å². The Morgan fingerprint density at radius 2 is 2.20 bits per heavy atom. The minimum Gasteiger partial charge on any atom is -0.465 e. The Morgan fingerprint density at radius 3 is 2.73 bits per heavy atom. The van der Waals surface area contributed by atoms with E-state index < -0.39 is 6.09 Å². The summed E-state index contributed by atoms with van der Waals surface area (Å²) >= 11 is 5.98. The summed E-state index contributed by atoms with van der Waals surface area (Å²) in [7, 11) is 0. The quantitative estimate of drug-likeness (QED) is 0.734. The fourth-order valence-electron chi connectivity index (χ4n) is 1.34. The first-order chi connectivity index (χ1) is 7.15. The molecule has 4 nitrogen and oxygen atoms in total. The highest BCUT2D eigenvalue weighted by atomic mass is 35.5. The van der Waals surface area contributed by atoms with Crippen LogP contribution < -0.4 is 11.1 Å². The van der Waals surface area contributed by atoms with Crippen LogP contribution in [0.1, 0.15) is 11.5 Å². The van der Waals surface area contributed by atoms with E-state index in [4.69, 9.17) is 22.4 Å². The van der Waals surface area contributed by atoms with Gasteiger partial charge in [0.25, 0.3) is 0 Å². The van der Waals surface area contributed by atoms with Gasteiger partial charge in [-0.25, -0.2) is 4.79 Å². The molecule has 0 spiro atoms. The Hall–Kier alpha value is -1.26. The number of nitrogens with one attached hydrogen (secondary N) is 1. The Morgan fingerprint density at radius 1 is 1.53 bits per heavy atom. The molecular formula is C10H13ClN2O2. The third kappa shape index (κ3) is 3.42. The van der Waals surface area contributed by atoms with Crippen molar-refractivity contribution in [3.8, 4) is 0 Å². The van der Waals surface area contributed by atoms with E-state index in [0.717, 1.165) is 5.56 Å². The van der Waals surface area contributed by atoms with E-state index >= 15 is 0 Å². The molecule has 1 aromatic rings. The van der Waals surface area contributed by atoms with Crippen molar-refractivity contribution >= 4 is 17.7 Å². The molecule has 5 heteroatoms. The topological polar surface area (TPSA) is 75.3 Å². The Labute approximate surface area is 93.0 Å². The van der Waals surface area contributed by atoms with Gasteiger partial charge in [0.05, 0.1) is 0 Å². The molecule has 82 valence electrons. The summed E-state index contributed by atoms with van der Waals surface area (Å²) in [6.07, 6.45) is -1.06. The number of halogens is 1. The maximum absolute atomic E-state index is 10.4. The summed E-state index contributed by atoms with van der Waals surface area (Å²) in [5.41, 5.74) is 6.44. The van der Waals surface area contributed by atoms with Crippen LogP contribution in [-0.2, 0) is 0 Å². The van der Waals surface area contributed by atoms with Crippen molar-refractivity contribution in [3.63, 3.8) is 0 Å². The largest absolute Gasteiger partial charge is 0.465 e. The second-order valence-electron chi connectivity index (χ2n) is 3.14. The van der Waals surface area contributed by atoms with Crippen LogP contribution in [0.15, 0.2) is 24.3 Å². The predicted molar refractivity (Wildman–Crippen MR) is 59.3 cm³/mol. The van der Waals surface area contributed by atoms with Gasteiger partial charge >= 0.3 is 6.09 Å². The molecule has 1 rings (SSSR count). The Kier molecular flexibility index (Phi) is 4.39. The van der Waals surface area contributed by atoms with Crippen LogP contribution >= 0.6 is 11.6 Å². The van der Waals surface area contributed by atoms with E-state index in [-0.39, 0.29) is 12.5 Å². The molecular weight excluding hydrogens is 216 g/mol. The van der Waals surface area contributed by atoms with E-state index in [9.17, 15) is 4.79 Å². The van der Waals surface area contributed by atoms with Gasteiger partial charge in [0, 0.05) is 24.0 Å². The molecule has 0 saturated carbocycles. The smallest absolute Gasteiger partial charge is 0.404 e. The Balaban J connectivity index is 2.74. The lowest BCUT2D eigenvalue weighted by Crippen LogP contribution is -2.30. The zero-order chi connectivity index (χ0) is 11.3. The van der Waals surface area contributed by atoms with Crippen LogP contribution in [0, 0.1) is 0 Å². The van der Waals surface area contributed by atoms with E-state index in [1.165, 1.54) is 0 Å². The van der Waals surface area contributed by atoms with Crippen LogP contribution in [0.3, 0.4) is 0 Å². The zero-order valence-electron chi connectivity index (χ0n) is 8.11. The fraction of sp³-hybridized carbons (Fsp3) is 0.300. The maximum Gasteiger partial charge on any atom is 0.404 e. The molecule has 0 saturated heterocycles. The summed E-state index contributed by atoms with van der Waals surface area (Å²) < 4.78 is 0. The lowest BCUT2D eigenvalue weighted by molar-refractivity contribution is 0.194. The van der Waals surface area contributed by atoms with Crippen molar-refractivity contribution < 1.29 is 9.90 Å². The molecule has 0 aliphatic heterocycles. The molecule has 15 heavy (non-hydrogen) atoms. The molecule has 1 aromatic carbocycles. The SMILES string of the molecule is NCC(CNC(=O)O)c1ccccc1Cl. The van der Waals surface area contributed by atoms with Crippen molar-refractivity contribution in [2.24, 2.45) is 5.73 Å². The van der Waals surface area contributed by atoms with Crippen molar-refractivity contribution in [2.45, 2.75) is 5.92 Å². The highest BCUT2D eigenvalue weighted by Gasteiger charge is 2.13. The van der Waals surface area contributed by atoms with Crippen LogP contribution in [0.2, 0.25) is 5.02 Å². The minimum absolute atomic E-state index is 0.0881. The number of rotatable bonds is 4. The molecule has 0 bridgehead atoms. The lowest BCUT2D eigenvalue weighted by atomic mass is 9.99. The van der Waals surface area contributed by atoms with Crippen LogP contribution in [0.5, 0.6) is 0 Å². The number of benzene rings is 1. The van der Waals surface area contributed by atoms with Gasteiger partial charge in [0.15, 0.2) is 0 Å². The highest BCUT2D eigenvalue weighted by Crippen LogP contribution is 2.22. The van der Waals surface area contributed by atoms with Gasteiger partial charge in [-0.3, -0.25) is 0 Å². The normalized spacial score (nSPS) is 12.1. The molecule has 0 aromatic heterocycles. The number of amides is 1. The predicted octanol–water partition coefficient (Wildman–Crippen LogP) is 1.65. The van der Waals surface area contributed by atoms with Crippen molar-refractivity contribution in [1.82, 2.24) is 5.32 Å². The first kappa shape index (κ1) is 11.8. The number of hydrogen-bond donors (Lipinski definition) is 3. The second kappa shape index (κ2) is 5.58. The summed E-state index contributed by atoms with van der Waals surface area (Å²) in [4.78, 5) is 10.4. The van der Waals surface area contributed by atoms with Gasteiger partial charge in [-0.2, -0.15) is 0 Å². The molecule has 1 unspecified atom stereocenters. The molecule has 0 aliphatic carbocycles. The maximum atomic E-state index is 10.4. The van der Waals surface area contributed by atoms with E-state index in [0.29, 0.717) is 11.6 Å². The third-order valence-corrected chi connectivity index (χ3v) is 2.47. The average Bonchev–Trinajstić information content (AvgIpc) is 2.21. The molecule has 0 heterocycles. The van der Waals surface area contributed by atoms with Crippen LogP contribution in [-0.4, -0.2) is 24.3 Å². The van der Waals surface area contributed by atoms with Gasteiger partial charge in [-0.05, 0) is 11.6 Å². The molecule has 0 fully saturated rings. The zero-order valence-corrected chi connectivity index (χ0v) is 8.87. The van der Waals surface area contributed by atoms with Gasteiger partial charge in [0.2, 0.25) is 0 Å². The van der Waals surface area contributed by atoms with Gasteiger partial charge in [-0.1, -0.05) is 29.8 Å². The number of carbonyl (C=O) groups is 1. The summed E-state index contributed by atoms with van der Waals surface area (Å²) in [6.45, 7) is 0.625. The molecule has 0 radical (unpaired) electrons.